The van der Waals surface area contributed by atoms with Gasteiger partial charge in [0.05, 0.1) is 5.69 Å². The van der Waals surface area contributed by atoms with Crippen LogP contribution in [-0.4, -0.2) is 23.4 Å². The Kier molecular flexibility index (Phi) is 4.63. The quantitative estimate of drug-likeness (QED) is 0.871. The standard InChI is InChI=1S/C12H18N2OS/c13-8-12-10(2-1-5-14-12)9-16-11-3-6-15-7-4-11/h1-2,5,11H,3-4,6-9,13H2. The minimum absolute atomic E-state index is 0.532. The lowest BCUT2D eigenvalue weighted by atomic mass is 10.2. The summed E-state index contributed by atoms with van der Waals surface area (Å²) in [4.78, 5) is 4.30. The van der Waals surface area contributed by atoms with E-state index in [4.69, 9.17) is 10.5 Å². The first kappa shape index (κ1) is 11.9. The van der Waals surface area contributed by atoms with Crippen molar-refractivity contribution >= 4 is 11.8 Å². The number of aromatic nitrogens is 1. The molecular weight excluding hydrogens is 220 g/mol. The average Bonchev–Trinajstić information content (AvgIpc) is 2.38. The molecule has 2 rings (SSSR count). The van der Waals surface area contributed by atoms with Crippen LogP contribution in [0.15, 0.2) is 18.3 Å². The lowest BCUT2D eigenvalue weighted by Gasteiger charge is -2.21. The topological polar surface area (TPSA) is 48.1 Å². The number of nitrogens with two attached hydrogens (primary N) is 1. The van der Waals surface area contributed by atoms with Gasteiger partial charge in [-0.2, -0.15) is 11.8 Å². The van der Waals surface area contributed by atoms with Crippen molar-refractivity contribution in [2.45, 2.75) is 30.4 Å². The molecule has 0 aliphatic carbocycles. The van der Waals surface area contributed by atoms with Gasteiger partial charge in [0.15, 0.2) is 0 Å². The molecule has 88 valence electrons. The van der Waals surface area contributed by atoms with Crippen LogP contribution >= 0.6 is 11.8 Å². The fraction of sp³-hybridized carbons (Fsp3) is 0.583. The van der Waals surface area contributed by atoms with Gasteiger partial charge in [-0.25, -0.2) is 0 Å². The maximum atomic E-state index is 5.67. The highest BCUT2D eigenvalue weighted by atomic mass is 32.2. The highest BCUT2D eigenvalue weighted by Crippen LogP contribution is 2.26. The number of hydrogen-bond acceptors (Lipinski definition) is 4. The summed E-state index contributed by atoms with van der Waals surface area (Å²) >= 11 is 2.00. The summed E-state index contributed by atoms with van der Waals surface area (Å²) in [6.07, 6.45) is 4.15. The van der Waals surface area contributed by atoms with E-state index in [1.165, 1.54) is 18.4 Å². The minimum atomic E-state index is 0.532. The number of ether oxygens (including phenoxy) is 1. The lowest BCUT2D eigenvalue weighted by Crippen LogP contribution is -2.17. The van der Waals surface area contributed by atoms with E-state index in [1.54, 1.807) is 0 Å². The molecule has 1 aromatic rings. The van der Waals surface area contributed by atoms with Crippen molar-refractivity contribution in [3.8, 4) is 0 Å². The van der Waals surface area contributed by atoms with Crippen LogP contribution in [-0.2, 0) is 17.0 Å². The predicted molar refractivity (Wildman–Crippen MR) is 67.3 cm³/mol. The van der Waals surface area contributed by atoms with Crippen molar-refractivity contribution in [1.82, 2.24) is 4.98 Å². The van der Waals surface area contributed by atoms with Crippen molar-refractivity contribution < 1.29 is 4.74 Å². The fourth-order valence-electron chi connectivity index (χ4n) is 1.84. The molecule has 1 saturated heterocycles. The molecule has 1 aliphatic heterocycles. The predicted octanol–water partition coefficient (Wildman–Crippen LogP) is 1.95. The summed E-state index contributed by atoms with van der Waals surface area (Å²) < 4.78 is 5.35. The van der Waals surface area contributed by atoms with Gasteiger partial charge in [0, 0.05) is 37.0 Å². The molecule has 1 aliphatic rings. The zero-order chi connectivity index (χ0) is 11.2. The third-order valence-corrected chi connectivity index (χ3v) is 4.24. The molecule has 2 N–H and O–H groups in total. The van der Waals surface area contributed by atoms with Crippen molar-refractivity contribution in [3.05, 3.63) is 29.6 Å². The fourth-order valence-corrected chi connectivity index (χ4v) is 3.04. The van der Waals surface area contributed by atoms with Gasteiger partial charge < -0.3 is 10.5 Å². The Balaban J connectivity index is 1.88. The molecule has 0 bridgehead atoms. The summed E-state index contributed by atoms with van der Waals surface area (Å²) in [5.74, 6) is 1.02. The van der Waals surface area contributed by atoms with E-state index in [2.05, 4.69) is 11.1 Å². The molecule has 0 aromatic carbocycles. The molecule has 2 heterocycles. The van der Waals surface area contributed by atoms with E-state index in [-0.39, 0.29) is 0 Å². The maximum absolute atomic E-state index is 5.67. The minimum Gasteiger partial charge on any atom is -0.381 e. The van der Waals surface area contributed by atoms with Crippen molar-refractivity contribution in [1.29, 1.82) is 0 Å². The molecule has 1 fully saturated rings. The Hall–Kier alpha value is -0.580. The number of thioether (sulfide) groups is 1. The highest BCUT2D eigenvalue weighted by molar-refractivity contribution is 7.99. The summed E-state index contributed by atoms with van der Waals surface area (Å²) in [7, 11) is 0. The van der Waals surface area contributed by atoms with Crippen LogP contribution < -0.4 is 5.73 Å². The van der Waals surface area contributed by atoms with Gasteiger partial charge in [0.1, 0.15) is 0 Å². The molecule has 0 spiro atoms. The Morgan fingerprint density at radius 1 is 1.44 bits per heavy atom. The Bertz CT molecular complexity index is 327. The van der Waals surface area contributed by atoms with Gasteiger partial charge in [-0.3, -0.25) is 4.98 Å². The van der Waals surface area contributed by atoms with E-state index < -0.39 is 0 Å². The van der Waals surface area contributed by atoms with Crippen molar-refractivity contribution in [2.24, 2.45) is 5.73 Å². The maximum Gasteiger partial charge on any atom is 0.0579 e. The number of pyridine rings is 1. The van der Waals surface area contributed by atoms with Crippen molar-refractivity contribution in [3.63, 3.8) is 0 Å². The second-order valence-corrected chi connectivity index (χ2v) is 5.22. The average molecular weight is 238 g/mol. The van der Waals surface area contributed by atoms with Gasteiger partial charge in [-0.05, 0) is 24.5 Å². The number of nitrogens with zero attached hydrogens (tertiary/aromatic N) is 1. The lowest BCUT2D eigenvalue weighted by molar-refractivity contribution is 0.1000. The summed E-state index contributed by atoms with van der Waals surface area (Å²) in [6.45, 7) is 2.35. The summed E-state index contributed by atoms with van der Waals surface area (Å²) in [5.41, 5.74) is 7.98. The van der Waals surface area contributed by atoms with Crippen LogP contribution in [0.2, 0.25) is 0 Å². The van der Waals surface area contributed by atoms with Crippen LogP contribution in [0.1, 0.15) is 24.1 Å². The van der Waals surface area contributed by atoms with Gasteiger partial charge in [-0.1, -0.05) is 6.07 Å². The monoisotopic (exact) mass is 238 g/mol. The summed E-state index contributed by atoms with van der Waals surface area (Å²) in [6, 6.07) is 4.11. The summed E-state index contributed by atoms with van der Waals surface area (Å²) in [5, 5.41) is 0.736. The van der Waals surface area contributed by atoms with E-state index in [0.717, 1.165) is 29.9 Å². The molecule has 1 aromatic heterocycles. The Morgan fingerprint density at radius 2 is 2.25 bits per heavy atom. The van der Waals surface area contributed by atoms with Crippen LogP contribution in [0.3, 0.4) is 0 Å². The third-order valence-electron chi connectivity index (χ3n) is 2.82. The molecule has 16 heavy (non-hydrogen) atoms. The second-order valence-electron chi connectivity index (χ2n) is 3.94. The van der Waals surface area contributed by atoms with E-state index >= 15 is 0 Å². The number of hydrogen-bond donors (Lipinski definition) is 1. The van der Waals surface area contributed by atoms with E-state index in [9.17, 15) is 0 Å². The molecule has 3 nitrogen and oxygen atoms in total. The smallest absolute Gasteiger partial charge is 0.0579 e. The van der Waals surface area contributed by atoms with E-state index in [1.807, 2.05) is 24.0 Å². The molecule has 0 radical (unpaired) electrons. The Labute approximate surface area is 101 Å². The first-order chi connectivity index (χ1) is 7.90. The third kappa shape index (κ3) is 3.20. The van der Waals surface area contributed by atoms with Gasteiger partial charge in [0.25, 0.3) is 0 Å². The van der Waals surface area contributed by atoms with Crippen LogP contribution in [0, 0.1) is 0 Å². The Morgan fingerprint density at radius 3 is 3.00 bits per heavy atom. The first-order valence-electron chi connectivity index (χ1n) is 5.72. The normalized spacial score (nSPS) is 17.6. The van der Waals surface area contributed by atoms with Crippen LogP contribution in [0.4, 0.5) is 0 Å². The molecule has 0 atom stereocenters. The van der Waals surface area contributed by atoms with Crippen molar-refractivity contribution in [2.75, 3.05) is 13.2 Å². The number of rotatable bonds is 4. The van der Waals surface area contributed by atoms with E-state index in [0.29, 0.717) is 6.54 Å². The first-order valence-corrected chi connectivity index (χ1v) is 6.77. The van der Waals surface area contributed by atoms with Gasteiger partial charge >= 0.3 is 0 Å². The largest absolute Gasteiger partial charge is 0.381 e. The molecule has 0 saturated carbocycles. The van der Waals surface area contributed by atoms with Crippen LogP contribution in [0.25, 0.3) is 0 Å². The molecule has 0 amide bonds. The molecule has 4 heteroatoms. The van der Waals surface area contributed by atoms with Gasteiger partial charge in [0.2, 0.25) is 0 Å². The zero-order valence-electron chi connectivity index (χ0n) is 9.39. The van der Waals surface area contributed by atoms with Gasteiger partial charge in [-0.15, -0.1) is 0 Å². The SMILES string of the molecule is NCc1ncccc1CSC1CCOCC1. The molecular formula is C12H18N2OS. The second kappa shape index (κ2) is 6.23. The van der Waals surface area contributed by atoms with Crippen LogP contribution in [0.5, 0.6) is 0 Å². The molecule has 0 unspecified atom stereocenters. The highest BCUT2D eigenvalue weighted by Gasteiger charge is 2.14. The zero-order valence-corrected chi connectivity index (χ0v) is 10.2.